The number of aromatic nitrogens is 2. The van der Waals surface area contributed by atoms with Crippen molar-refractivity contribution in [3.05, 3.63) is 47.3 Å². The number of halogens is 3. The largest absolute Gasteiger partial charge is 0.434 e. The van der Waals surface area contributed by atoms with Gasteiger partial charge >= 0.3 is 6.18 Å². The molecule has 9 heteroatoms. The van der Waals surface area contributed by atoms with E-state index in [9.17, 15) is 23.2 Å². The summed E-state index contributed by atoms with van der Waals surface area (Å²) in [6.45, 7) is 7.13. The Hall–Kier alpha value is -2.86. The molecule has 0 bridgehead atoms. The van der Waals surface area contributed by atoms with Crippen molar-refractivity contribution in [2.45, 2.75) is 33.0 Å². The lowest BCUT2D eigenvalue weighted by Crippen LogP contribution is -2.53. The first-order chi connectivity index (χ1) is 14.1. The molecule has 1 unspecified atom stereocenters. The lowest BCUT2D eigenvalue weighted by molar-refractivity contribution is -0.143. The Kier molecular flexibility index (Phi) is 6.17. The molecule has 160 valence electrons. The van der Waals surface area contributed by atoms with Crippen LogP contribution >= 0.6 is 0 Å². The van der Waals surface area contributed by atoms with E-state index in [0.717, 1.165) is 16.4 Å². The van der Waals surface area contributed by atoms with Crippen LogP contribution in [0.15, 0.2) is 30.5 Å². The summed E-state index contributed by atoms with van der Waals surface area (Å²) in [6.07, 6.45) is -3.75. The van der Waals surface area contributed by atoms with Crippen molar-refractivity contribution >= 4 is 5.91 Å². The second-order valence-electron chi connectivity index (χ2n) is 7.80. The van der Waals surface area contributed by atoms with Gasteiger partial charge in [-0.25, -0.2) is 4.68 Å². The summed E-state index contributed by atoms with van der Waals surface area (Å²) in [5.74, 6) is -0.569. The van der Waals surface area contributed by atoms with E-state index < -0.39 is 23.3 Å². The predicted octanol–water partition coefficient (Wildman–Crippen LogP) is 3.51. The van der Waals surface area contributed by atoms with Crippen LogP contribution in [0.3, 0.4) is 0 Å². The summed E-state index contributed by atoms with van der Waals surface area (Å²) in [4.78, 5) is 16.3. The van der Waals surface area contributed by atoms with Crippen LogP contribution in [0.4, 0.5) is 13.2 Å². The van der Waals surface area contributed by atoms with E-state index in [1.54, 1.807) is 24.3 Å². The Bertz CT molecular complexity index is 935. The summed E-state index contributed by atoms with van der Waals surface area (Å²) in [7, 11) is 0. The average Bonchev–Trinajstić information content (AvgIpc) is 3.14. The van der Waals surface area contributed by atoms with Crippen molar-refractivity contribution in [2.75, 3.05) is 26.2 Å². The molecule has 1 aliphatic heterocycles. The molecule has 1 atom stereocenters. The number of aryl methyl sites for hydroxylation is 1. The molecule has 6 nitrogen and oxygen atoms in total. The second kappa shape index (κ2) is 8.48. The van der Waals surface area contributed by atoms with Gasteiger partial charge < -0.3 is 4.90 Å². The number of carbonyl (C=O) groups is 1. The van der Waals surface area contributed by atoms with Gasteiger partial charge in [0.2, 0.25) is 0 Å². The first-order valence-corrected chi connectivity index (χ1v) is 9.78. The smallest absolute Gasteiger partial charge is 0.336 e. The van der Waals surface area contributed by atoms with Crippen molar-refractivity contribution in [3.63, 3.8) is 0 Å². The van der Waals surface area contributed by atoms with Gasteiger partial charge in [0.05, 0.1) is 23.5 Å². The van der Waals surface area contributed by atoms with E-state index >= 15 is 0 Å². The number of benzene rings is 1. The van der Waals surface area contributed by atoms with E-state index in [1.807, 2.05) is 25.7 Å². The van der Waals surface area contributed by atoms with Crippen molar-refractivity contribution in [1.82, 2.24) is 19.6 Å². The van der Waals surface area contributed by atoms with Crippen molar-refractivity contribution < 1.29 is 18.0 Å². The van der Waals surface area contributed by atoms with E-state index in [1.165, 1.54) is 4.90 Å². The Morgan fingerprint density at radius 1 is 1.13 bits per heavy atom. The third-order valence-corrected chi connectivity index (χ3v) is 5.31. The molecule has 0 radical (unpaired) electrons. The third kappa shape index (κ3) is 4.33. The van der Waals surface area contributed by atoms with Crippen LogP contribution in [0.25, 0.3) is 5.69 Å². The first kappa shape index (κ1) is 21.8. The third-order valence-electron chi connectivity index (χ3n) is 5.31. The van der Waals surface area contributed by atoms with Crippen molar-refractivity contribution in [3.8, 4) is 11.8 Å². The topological polar surface area (TPSA) is 65.2 Å². The maximum atomic E-state index is 13.9. The number of piperazine rings is 1. The van der Waals surface area contributed by atoms with Crippen LogP contribution < -0.4 is 0 Å². The van der Waals surface area contributed by atoms with Crippen LogP contribution in [0.1, 0.15) is 35.5 Å². The van der Waals surface area contributed by atoms with Gasteiger partial charge in [-0.15, -0.1) is 0 Å². The minimum absolute atomic E-state index is 0.127. The molecular formula is C21H24F3N5O. The molecule has 0 aliphatic carbocycles. The summed E-state index contributed by atoms with van der Waals surface area (Å²) in [5, 5.41) is 13.2. The number of hydrogen-bond acceptors (Lipinski definition) is 4. The van der Waals surface area contributed by atoms with Gasteiger partial charge in [-0.2, -0.15) is 23.5 Å². The Morgan fingerprint density at radius 3 is 2.23 bits per heavy atom. The molecule has 1 aliphatic rings. The molecule has 0 N–H and O–H groups in total. The number of carbonyl (C=O) groups excluding carboxylic acids is 1. The lowest BCUT2D eigenvalue weighted by atomic mass is 10.0. The molecule has 1 amide bonds. The van der Waals surface area contributed by atoms with Gasteiger partial charge in [0, 0.05) is 26.2 Å². The van der Waals surface area contributed by atoms with Gasteiger partial charge in [0.1, 0.15) is 6.04 Å². The second-order valence-corrected chi connectivity index (χ2v) is 7.80. The number of alkyl halides is 3. The normalized spacial score (nSPS) is 16.5. The standard InChI is InChI=1S/C21H24F3N5O/c1-14(2)18(12-25)27-8-10-28(11-9-27)20(30)17-13-26-29(19(17)21(22,23)24)16-6-4-15(3)5-7-16/h4-7,13-14,18H,8-11H2,1-3H3. The quantitative estimate of drug-likeness (QED) is 0.761. The number of rotatable bonds is 4. The van der Waals surface area contributed by atoms with Gasteiger partial charge in [-0.05, 0) is 25.0 Å². The minimum Gasteiger partial charge on any atom is -0.336 e. The molecule has 2 aromatic rings. The number of nitrogens with zero attached hydrogens (tertiary/aromatic N) is 5. The van der Waals surface area contributed by atoms with Crippen molar-refractivity contribution in [1.29, 1.82) is 5.26 Å². The first-order valence-electron chi connectivity index (χ1n) is 9.78. The molecular weight excluding hydrogens is 395 g/mol. The maximum Gasteiger partial charge on any atom is 0.434 e. The summed E-state index contributed by atoms with van der Waals surface area (Å²) < 4.78 is 42.4. The number of amides is 1. The van der Waals surface area contributed by atoms with Gasteiger partial charge in [0.25, 0.3) is 5.91 Å². The van der Waals surface area contributed by atoms with E-state index in [2.05, 4.69) is 11.2 Å². The summed E-state index contributed by atoms with van der Waals surface area (Å²) in [5.41, 5.74) is -0.385. The minimum atomic E-state index is -4.74. The zero-order chi connectivity index (χ0) is 22.1. The maximum absolute atomic E-state index is 13.9. The SMILES string of the molecule is Cc1ccc(-n2ncc(C(=O)N3CCN(C(C#N)C(C)C)CC3)c2C(F)(F)F)cc1. The zero-order valence-electron chi connectivity index (χ0n) is 17.1. The molecule has 2 heterocycles. The molecule has 1 aromatic heterocycles. The monoisotopic (exact) mass is 419 g/mol. The average molecular weight is 419 g/mol. The van der Waals surface area contributed by atoms with Crippen LogP contribution in [0.2, 0.25) is 0 Å². The summed E-state index contributed by atoms with van der Waals surface area (Å²) in [6, 6.07) is 8.45. The van der Waals surface area contributed by atoms with Gasteiger partial charge in [-0.3, -0.25) is 9.69 Å². The van der Waals surface area contributed by atoms with Crippen molar-refractivity contribution in [2.24, 2.45) is 5.92 Å². The van der Waals surface area contributed by atoms with E-state index in [-0.39, 0.29) is 30.7 Å². The number of hydrogen-bond donors (Lipinski definition) is 0. The van der Waals surface area contributed by atoms with Gasteiger partial charge in [0.15, 0.2) is 5.69 Å². The van der Waals surface area contributed by atoms with E-state index in [4.69, 9.17) is 0 Å². The van der Waals surface area contributed by atoms with Crippen LogP contribution in [-0.2, 0) is 6.18 Å². The molecule has 1 aromatic carbocycles. The fourth-order valence-electron chi connectivity index (χ4n) is 3.69. The highest BCUT2D eigenvalue weighted by molar-refractivity contribution is 5.95. The molecule has 1 fully saturated rings. The summed E-state index contributed by atoms with van der Waals surface area (Å²) >= 11 is 0. The van der Waals surface area contributed by atoms with Crippen LogP contribution in [0, 0.1) is 24.2 Å². The highest BCUT2D eigenvalue weighted by Crippen LogP contribution is 2.34. The fraction of sp³-hybridized carbons (Fsp3) is 0.476. The highest BCUT2D eigenvalue weighted by Gasteiger charge is 2.42. The molecule has 30 heavy (non-hydrogen) atoms. The Morgan fingerprint density at radius 2 is 1.73 bits per heavy atom. The molecule has 0 spiro atoms. The molecule has 1 saturated heterocycles. The fourth-order valence-corrected chi connectivity index (χ4v) is 3.69. The Balaban J connectivity index is 1.85. The predicted molar refractivity (Wildman–Crippen MR) is 105 cm³/mol. The van der Waals surface area contributed by atoms with E-state index in [0.29, 0.717) is 13.1 Å². The zero-order valence-corrected chi connectivity index (χ0v) is 17.1. The highest BCUT2D eigenvalue weighted by atomic mass is 19.4. The number of nitriles is 1. The molecule has 3 rings (SSSR count). The van der Waals surface area contributed by atoms with Crippen LogP contribution in [0.5, 0.6) is 0 Å². The lowest BCUT2D eigenvalue weighted by Gasteiger charge is -2.38. The Labute approximate surface area is 173 Å². The van der Waals surface area contributed by atoms with Gasteiger partial charge in [-0.1, -0.05) is 31.5 Å². The van der Waals surface area contributed by atoms with Crippen LogP contribution in [-0.4, -0.2) is 57.7 Å². The molecule has 0 saturated carbocycles.